The summed E-state index contributed by atoms with van der Waals surface area (Å²) in [4.78, 5) is 12.1. The molecule has 0 saturated heterocycles. The van der Waals surface area contributed by atoms with Crippen LogP contribution >= 0.6 is 0 Å². The van der Waals surface area contributed by atoms with Crippen molar-refractivity contribution in [2.75, 3.05) is 6.54 Å². The van der Waals surface area contributed by atoms with Gasteiger partial charge in [-0.1, -0.05) is 13.0 Å². The predicted molar refractivity (Wildman–Crippen MR) is 85.7 cm³/mol. The second kappa shape index (κ2) is 7.04. The Morgan fingerprint density at radius 2 is 2.17 bits per heavy atom. The van der Waals surface area contributed by atoms with Crippen molar-refractivity contribution in [3.8, 4) is 0 Å². The van der Waals surface area contributed by atoms with Crippen LogP contribution in [0.1, 0.15) is 19.2 Å². The molecule has 1 N–H and O–H groups in total. The summed E-state index contributed by atoms with van der Waals surface area (Å²) in [5.74, 6) is 0.856. The van der Waals surface area contributed by atoms with E-state index in [4.69, 9.17) is 0 Å². The Labute approximate surface area is 134 Å². The first kappa shape index (κ1) is 15.2. The van der Waals surface area contributed by atoms with Crippen LogP contribution in [0.2, 0.25) is 0 Å². The molecular formula is C16H20N6O. The van der Waals surface area contributed by atoms with Crippen molar-refractivity contribution < 1.29 is 4.79 Å². The molecule has 7 nitrogen and oxygen atoms in total. The fourth-order valence-corrected chi connectivity index (χ4v) is 2.47. The molecule has 0 bridgehead atoms. The van der Waals surface area contributed by atoms with Crippen LogP contribution in [-0.2, 0) is 17.8 Å². The molecule has 3 rings (SSSR count). The molecule has 0 radical (unpaired) electrons. The van der Waals surface area contributed by atoms with Crippen molar-refractivity contribution in [1.29, 1.82) is 0 Å². The molecular weight excluding hydrogens is 292 g/mol. The lowest BCUT2D eigenvalue weighted by Gasteiger charge is -2.12. The van der Waals surface area contributed by atoms with Crippen molar-refractivity contribution in [1.82, 2.24) is 29.7 Å². The summed E-state index contributed by atoms with van der Waals surface area (Å²) in [6, 6.07) is 7.68. The third-order valence-corrected chi connectivity index (χ3v) is 3.73. The van der Waals surface area contributed by atoms with Gasteiger partial charge >= 0.3 is 0 Å². The third-order valence-electron chi connectivity index (χ3n) is 3.73. The minimum absolute atomic E-state index is 0.0478. The first-order valence-electron chi connectivity index (χ1n) is 7.78. The van der Waals surface area contributed by atoms with Gasteiger partial charge in [0.25, 0.3) is 0 Å². The van der Waals surface area contributed by atoms with Gasteiger partial charge in [0, 0.05) is 31.6 Å². The molecule has 1 atom stereocenters. The minimum Gasteiger partial charge on any atom is -0.356 e. The zero-order valence-electron chi connectivity index (χ0n) is 13.1. The maximum atomic E-state index is 12.1. The molecule has 0 saturated carbocycles. The molecule has 0 spiro atoms. The normalized spacial score (nSPS) is 12.4. The first-order valence-corrected chi connectivity index (χ1v) is 7.78. The largest absolute Gasteiger partial charge is 0.356 e. The van der Waals surface area contributed by atoms with Crippen LogP contribution in [0.5, 0.6) is 0 Å². The third kappa shape index (κ3) is 3.74. The van der Waals surface area contributed by atoms with Gasteiger partial charge in [-0.2, -0.15) is 5.10 Å². The molecule has 3 heterocycles. The Kier molecular flexibility index (Phi) is 4.65. The summed E-state index contributed by atoms with van der Waals surface area (Å²) in [7, 11) is 0. The van der Waals surface area contributed by atoms with Crippen molar-refractivity contribution in [2.24, 2.45) is 5.92 Å². The van der Waals surface area contributed by atoms with Crippen LogP contribution in [0.4, 0.5) is 0 Å². The van der Waals surface area contributed by atoms with Crippen LogP contribution in [0.15, 0.2) is 42.9 Å². The number of hydrogen-bond acceptors (Lipinski definition) is 4. The molecule has 0 fully saturated rings. The highest BCUT2D eigenvalue weighted by atomic mass is 16.1. The number of nitrogens with one attached hydrogen (secondary N) is 1. The van der Waals surface area contributed by atoms with Gasteiger partial charge in [-0.25, -0.2) is 0 Å². The molecule has 3 aromatic rings. The van der Waals surface area contributed by atoms with Crippen LogP contribution in [0, 0.1) is 5.92 Å². The van der Waals surface area contributed by atoms with Crippen LogP contribution < -0.4 is 5.32 Å². The van der Waals surface area contributed by atoms with E-state index in [1.54, 1.807) is 10.9 Å². The van der Waals surface area contributed by atoms with Crippen LogP contribution in [0.3, 0.4) is 0 Å². The molecule has 3 aromatic heterocycles. The summed E-state index contributed by atoms with van der Waals surface area (Å²) in [5, 5.41) is 15.4. The number of rotatable bonds is 7. The number of aromatic nitrogens is 5. The van der Waals surface area contributed by atoms with Crippen molar-refractivity contribution in [3.63, 3.8) is 0 Å². The van der Waals surface area contributed by atoms with Gasteiger partial charge in [0.1, 0.15) is 5.82 Å². The van der Waals surface area contributed by atoms with E-state index >= 15 is 0 Å². The molecule has 0 aromatic carbocycles. The fourth-order valence-electron chi connectivity index (χ4n) is 2.47. The zero-order chi connectivity index (χ0) is 16.1. The van der Waals surface area contributed by atoms with Gasteiger partial charge in [-0.05, 0) is 24.6 Å². The first-order chi connectivity index (χ1) is 11.2. The standard InChI is InChI=1S/C16H20N6O/c1-13(12-21-10-5-9-18-21)16(23)17-8-4-7-15-20-19-14-6-2-3-11-22(14)15/h2-3,5-6,9-11,13H,4,7-8,12H2,1H3,(H,17,23)/t13-/m1/s1. The van der Waals surface area contributed by atoms with Crippen LogP contribution in [-0.4, -0.2) is 36.8 Å². The molecule has 1 amide bonds. The van der Waals surface area contributed by atoms with Gasteiger partial charge < -0.3 is 5.32 Å². The van der Waals surface area contributed by atoms with Gasteiger partial charge in [-0.3, -0.25) is 13.9 Å². The molecule has 0 aliphatic heterocycles. The number of fused-ring (bicyclic) bond motifs is 1. The van der Waals surface area contributed by atoms with Gasteiger partial charge in [-0.15, -0.1) is 10.2 Å². The molecule has 23 heavy (non-hydrogen) atoms. The number of pyridine rings is 1. The van der Waals surface area contributed by atoms with E-state index in [9.17, 15) is 4.79 Å². The average molecular weight is 312 g/mol. The maximum absolute atomic E-state index is 12.1. The van der Waals surface area contributed by atoms with E-state index in [1.807, 2.05) is 48.0 Å². The zero-order valence-corrected chi connectivity index (χ0v) is 13.1. The monoisotopic (exact) mass is 312 g/mol. The highest BCUT2D eigenvalue weighted by molar-refractivity contribution is 5.78. The number of aryl methyl sites for hydroxylation is 1. The number of carbonyl (C=O) groups excluding carboxylic acids is 1. The van der Waals surface area contributed by atoms with Crippen molar-refractivity contribution in [2.45, 2.75) is 26.3 Å². The fraction of sp³-hybridized carbons (Fsp3) is 0.375. The van der Waals surface area contributed by atoms with E-state index in [0.29, 0.717) is 13.1 Å². The van der Waals surface area contributed by atoms with E-state index in [1.165, 1.54) is 0 Å². The second-order valence-corrected chi connectivity index (χ2v) is 5.57. The second-order valence-electron chi connectivity index (χ2n) is 5.57. The molecule has 0 aliphatic carbocycles. The topological polar surface area (TPSA) is 77.1 Å². The Hall–Kier alpha value is -2.70. The number of nitrogens with zero attached hydrogens (tertiary/aromatic N) is 5. The average Bonchev–Trinajstić information content (AvgIpc) is 3.21. The smallest absolute Gasteiger partial charge is 0.224 e. The minimum atomic E-state index is -0.108. The van der Waals surface area contributed by atoms with Crippen molar-refractivity contribution in [3.05, 3.63) is 48.7 Å². The lowest BCUT2D eigenvalue weighted by Crippen LogP contribution is -2.32. The molecule has 120 valence electrons. The summed E-state index contributed by atoms with van der Waals surface area (Å²) in [5.41, 5.74) is 0.847. The summed E-state index contributed by atoms with van der Waals surface area (Å²) < 4.78 is 3.74. The number of hydrogen-bond donors (Lipinski definition) is 1. The SMILES string of the molecule is C[C@H](Cn1cccn1)C(=O)NCCCc1nnc2ccccn12. The summed E-state index contributed by atoms with van der Waals surface area (Å²) in [6.45, 7) is 3.13. The van der Waals surface area contributed by atoms with E-state index in [-0.39, 0.29) is 11.8 Å². The number of amides is 1. The van der Waals surface area contributed by atoms with E-state index in [2.05, 4.69) is 20.6 Å². The Morgan fingerprint density at radius 3 is 3.00 bits per heavy atom. The Morgan fingerprint density at radius 1 is 1.26 bits per heavy atom. The molecule has 0 aliphatic rings. The quantitative estimate of drug-likeness (QED) is 0.667. The molecule has 0 unspecified atom stereocenters. The number of carbonyl (C=O) groups is 1. The lowest BCUT2D eigenvalue weighted by atomic mass is 10.1. The molecule has 7 heteroatoms. The predicted octanol–water partition coefficient (Wildman–Crippen LogP) is 1.31. The van der Waals surface area contributed by atoms with E-state index < -0.39 is 0 Å². The Bertz CT molecular complexity index is 764. The van der Waals surface area contributed by atoms with Gasteiger partial charge in [0.05, 0.1) is 12.5 Å². The maximum Gasteiger partial charge on any atom is 0.224 e. The van der Waals surface area contributed by atoms with Crippen molar-refractivity contribution >= 4 is 11.6 Å². The van der Waals surface area contributed by atoms with Gasteiger partial charge in [0.15, 0.2) is 5.65 Å². The van der Waals surface area contributed by atoms with E-state index in [0.717, 1.165) is 24.3 Å². The highest BCUT2D eigenvalue weighted by Gasteiger charge is 2.13. The summed E-state index contributed by atoms with van der Waals surface area (Å²) in [6.07, 6.45) is 7.14. The Balaban J connectivity index is 1.43. The highest BCUT2D eigenvalue weighted by Crippen LogP contribution is 2.05. The van der Waals surface area contributed by atoms with Gasteiger partial charge in [0.2, 0.25) is 5.91 Å². The summed E-state index contributed by atoms with van der Waals surface area (Å²) >= 11 is 0. The van der Waals surface area contributed by atoms with Crippen LogP contribution in [0.25, 0.3) is 5.65 Å². The lowest BCUT2D eigenvalue weighted by molar-refractivity contribution is -0.124.